The maximum Gasteiger partial charge on any atom is 0.390 e. The van der Waals surface area contributed by atoms with Gasteiger partial charge < -0.3 is 4.74 Å². The highest BCUT2D eigenvalue weighted by Gasteiger charge is 1.97. The minimum atomic E-state index is -0.532. The Bertz CT molecular complexity index is 321. The van der Waals surface area contributed by atoms with E-state index in [1.807, 2.05) is 6.07 Å². The van der Waals surface area contributed by atoms with Gasteiger partial charge in [-0.2, -0.15) is 0 Å². The lowest BCUT2D eigenvalue weighted by molar-refractivity contribution is -0.128. The summed E-state index contributed by atoms with van der Waals surface area (Å²) in [6, 6.07) is 8.83. The standard InChI is InChI=1S/C9H5IO2/c10-7-6-9(11)12-8-4-2-1-3-5-8/h1-5H. The Morgan fingerprint density at radius 1 is 1.33 bits per heavy atom. The molecule has 0 spiro atoms. The van der Waals surface area contributed by atoms with Crippen LogP contribution < -0.4 is 4.74 Å². The van der Waals surface area contributed by atoms with Crippen LogP contribution in [-0.4, -0.2) is 5.97 Å². The first-order valence-electron chi connectivity index (χ1n) is 3.21. The average Bonchev–Trinajstić information content (AvgIpc) is 2.06. The highest BCUT2D eigenvalue weighted by Crippen LogP contribution is 2.07. The largest absolute Gasteiger partial charge is 0.417 e. The molecule has 1 rings (SSSR count). The van der Waals surface area contributed by atoms with E-state index < -0.39 is 5.97 Å². The number of carbonyl (C=O) groups excluding carboxylic acids is 1. The summed E-state index contributed by atoms with van der Waals surface area (Å²) >= 11 is 1.78. The summed E-state index contributed by atoms with van der Waals surface area (Å²) in [5.74, 6) is 2.25. The molecular formula is C9H5IO2. The van der Waals surface area contributed by atoms with E-state index in [0.717, 1.165) is 0 Å². The number of carbonyl (C=O) groups is 1. The van der Waals surface area contributed by atoms with Crippen molar-refractivity contribution >= 4 is 28.6 Å². The lowest BCUT2D eigenvalue weighted by Crippen LogP contribution is -2.03. The monoisotopic (exact) mass is 272 g/mol. The Balaban J connectivity index is 2.63. The summed E-state index contributed by atoms with van der Waals surface area (Å²) in [5, 5.41) is 0. The maximum absolute atomic E-state index is 10.8. The summed E-state index contributed by atoms with van der Waals surface area (Å²) in [5.41, 5.74) is 0. The van der Waals surface area contributed by atoms with Gasteiger partial charge in [-0.05, 0) is 16.1 Å². The van der Waals surface area contributed by atoms with Gasteiger partial charge in [-0.1, -0.05) is 18.2 Å². The second-order valence-corrected chi connectivity index (χ2v) is 2.46. The van der Waals surface area contributed by atoms with Crippen LogP contribution >= 0.6 is 22.6 Å². The van der Waals surface area contributed by atoms with E-state index in [0.29, 0.717) is 5.75 Å². The lowest BCUT2D eigenvalue weighted by atomic mass is 10.3. The summed E-state index contributed by atoms with van der Waals surface area (Å²) in [6.45, 7) is 0. The first kappa shape index (κ1) is 9.07. The van der Waals surface area contributed by atoms with Gasteiger partial charge in [0.05, 0.1) is 0 Å². The smallest absolute Gasteiger partial charge is 0.390 e. The van der Waals surface area contributed by atoms with Crippen molar-refractivity contribution in [1.29, 1.82) is 0 Å². The molecule has 0 atom stereocenters. The van der Waals surface area contributed by atoms with Gasteiger partial charge in [0.15, 0.2) is 0 Å². The van der Waals surface area contributed by atoms with Crippen LogP contribution in [0.15, 0.2) is 30.3 Å². The third-order valence-corrected chi connectivity index (χ3v) is 1.37. The van der Waals surface area contributed by atoms with Gasteiger partial charge >= 0.3 is 5.97 Å². The molecule has 0 unspecified atom stereocenters. The fourth-order valence-corrected chi connectivity index (χ4v) is 0.880. The van der Waals surface area contributed by atoms with Gasteiger partial charge in [-0.25, -0.2) is 4.79 Å². The van der Waals surface area contributed by atoms with Crippen LogP contribution in [0.1, 0.15) is 0 Å². The number of halogens is 1. The molecule has 0 aliphatic heterocycles. The topological polar surface area (TPSA) is 26.3 Å². The van der Waals surface area contributed by atoms with Gasteiger partial charge in [0.1, 0.15) is 5.75 Å². The maximum atomic E-state index is 10.8. The van der Waals surface area contributed by atoms with E-state index in [4.69, 9.17) is 4.74 Å². The van der Waals surface area contributed by atoms with E-state index >= 15 is 0 Å². The van der Waals surface area contributed by atoms with Crippen molar-refractivity contribution in [3.05, 3.63) is 30.3 Å². The van der Waals surface area contributed by atoms with E-state index in [1.165, 1.54) is 0 Å². The summed E-state index contributed by atoms with van der Waals surface area (Å²) in [4.78, 5) is 10.8. The summed E-state index contributed by atoms with van der Waals surface area (Å²) in [7, 11) is 0. The molecule has 3 heteroatoms. The predicted octanol–water partition coefficient (Wildman–Crippen LogP) is 1.99. The Labute approximate surface area is 84.1 Å². The zero-order chi connectivity index (χ0) is 8.81. The zero-order valence-corrected chi connectivity index (χ0v) is 8.24. The molecular weight excluding hydrogens is 267 g/mol. The van der Waals surface area contributed by atoms with Crippen LogP contribution in [0.25, 0.3) is 0 Å². The molecule has 0 aliphatic rings. The third kappa shape index (κ3) is 2.93. The number of esters is 1. The molecule has 0 aromatic heterocycles. The number of para-hydroxylation sites is 1. The fourth-order valence-electron chi connectivity index (χ4n) is 0.660. The van der Waals surface area contributed by atoms with Crippen molar-refractivity contribution in [3.8, 4) is 15.6 Å². The van der Waals surface area contributed by atoms with Crippen molar-refractivity contribution in [1.82, 2.24) is 0 Å². The van der Waals surface area contributed by atoms with Crippen molar-refractivity contribution in [2.75, 3.05) is 0 Å². The van der Waals surface area contributed by atoms with Crippen molar-refractivity contribution < 1.29 is 9.53 Å². The van der Waals surface area contributed by atoms with E-state index in [2.05, 4.69) is 9.85 Å². The first-order chi connectivity index (χ1) is 5.83. The minimum absolute atomic E-state index is 0.515. The van der Waals surface area contributed by atoms with Crippen molar-refractivity contribution in [2.24, 2.45) is 0 Å². The van der Waals surface area contributed by atoms with Crippen LogP contribution in [0.2, 0.25) is 0 Å². The number of hydrogen-bond acceptors (Lipinski definition) is 2. The second-order valence-electron chi connectivity index (χ2n) is 1.92. The van der Waals surface area contributed by atoms with Crippen LogP contribution in [-0.2, 0) is 4.79 Å². The zero-order valence-electron chi connectivity index (χ0n) is 6.08. The van der Waals surface area contributed by atoms with Crippen LogP contribution in [0.5, 0.6) is 5.75 Å². The average molecular weight is 272 g/mol. The molecule has 0 amide bonds. The van der Waals surface area contributed by atoms with Crippen LogP contribution in [0, 0.1) is 9.85 Å². The van der Waals surface area contributed by atoms with Gasteiger partial charge in [-0.3, -0.25) is 0 Å². The normalized spacial score (nSPS) is 8.08. The fraction of sp³-hybridized carbons (Fsp3) is 0. The molecule has 12 heavy (non-hydrogen) atoms. The molecule has 0 saturated heterocycles. The SMILES string of the molecule is O=C(C#CI)Oc1ccccc1. The molecule has 1 aromatic carbocycles. The molecule has 1 aromatic rings. The first-order valence-corrected chi connectivity index (χ1v) is 4.29. The van der Waals surface area contributed by atoms with E-state index in [1.54, 1.807) is 46.9 Å². The Kier molecular flexibility index (Phi) is 3.61. The highest BCUT2D eigenvalue weighted by molar-refractivity contribution is 14.1. The molecule has 2 nitrogen and oxygen atoms in total. The van der Waals surface area contributed by atoms with Gasteiger partial charge in [0.25, 0.3) is 0 Å². The molecule has 0 bridgehead atoms. The molecule has 0 N–H and O–H groups in total. The molecule has 60 valence electrons. The highest BCUT2D eigenvalue weighted by atomic mass is 127. The van der Waals surface area contributed by atoms with E-state index in [-0.39, 0.29) is 0 Å². The molecule has 0 heterocycles. The number of hydrogen-bond donors (Lipinski definition) is 0. The predicted molar refractivity (Wildman–Crippen MR) is 53.9 cm³/mol. The lowest BCUT2D eigenvalue weighted by Gasteiger charge is -1.96. The number of ether oxygens (including phenoxy) is 1. The van der Waals surface area contributed by atoms with Crippen LogP contribution in [0.4, 0.5) is 0 Å². The molecule has 0 fully saturated rings. The number of benzene rings is 1. The summed E-state index contributed by atoms with van der Waals surface area (Å²) < 4.78 is 7.27. The quantitative estimate of drug-likeness (QED) is 0.338. The Morgan fingerprint density at radius 2 is 2.00 bits per heavy atom. The second kappa shape index (κ2) is 4.78. The molecule has 0 saturated carbocycles. The van der Waals surface area contributed by atoms with Crippen LogP contribution in [0.3, 0.4) is 0 Å². The van der Waals surface area contributed by atoms with Crippen molar-refractivity contribution in [3.63, 3.8) is 0 Å². The number of rotatable bonds is 1. The Morgan fingerprint density at radius 3 is 2.58 bits per heavy atom. The third-order valence-electron chi connectivity index (χ3n) is 1.10. The van der Waals surface area contributed by atoms with Crippen molar-refractivity contribution in [2.45, 2.75) is 0 Å². The Hall–Kier alpha value is -1.02. The molecule has 0 aliphatic carbocycles. The summed E-state index contributed by atoms with van der Waals surface area (Å²) in [6.07, 6.45) is 0. The van der Waals surface area contributed by atoms with Gasteiger partial charge in [0.2, 0.25) is 0 Å². The van der Waals surface area contributed by atoms with Gasteiger partial charge in [-0.15, -0.1) is 0 Å². The minimum Gasteiger partial charge on any atom is -0.417 e. The molecule has 0 radical (unpaired) electrons. The van der Waals surface area contributed by atoms with E-state index in [9.17, 15) is 4.79 Å². The van der Waals surface area contributed by atoms with Gasteiger partial charge in [0, 0.05) is 28.5 Å².